The number of nitrogens with zero attached hydrogens (tertiary/aromatic N) is 4. The molecule has 0 unspecified atom stereocenters. The van der Waals surface area contributed by atoms with E-state index < -0.39 is 0 Å². The smallest absolute Gasteiger partial charge is 0.293 e. The molecular formula is C21H17BrN4O2S. The minimum absolute atomic E-state index is 0.0208. The summed E-state index contributed by atoms with van der Waals surface area (Å²) < 4.78 is 4.08. The molecule has 2 heterocycles. The number of thioether (sulfide) groups is 1. The van der Waals surface area contributed by atoms with Crippen LogP contribution in [0, 0.1) is 13.8 Å². The van der Waals surface area contributed by atoms with Crippen molar-refractivity contribution < 1.29 is 4.79 Å². The monoisotopic (exact) mass is 468 g/mol. The van der Waals surface area contributed by atoms with Gasteiger partial charge in [0.05, 0.1) is 5.75 Å². The van der Waals surface area contributed by atoms with Crippen molar-refractivity contribution in [2.75, 3.05) is 5.75 Å². The van der Waals surface area contributed by atoms with Gasteiger partial charge in [0, 0.05) is 28.1 Å². The van der Waals surface area contributed by atoms with Gasteiger partial charge < -0.3 is 0 Å². The molecule has 29 heavy (non-hydrogen) atoms. The number of rotatable bonds is 5. The molecule has 146 valence electrons. The molecule has 2 aromatic heterocycles. The van der Waals surface area contributed by atoms with Crippen molar-refractivity contribution in [3.8, 4) is 5.69 Å². The van der Waals surface area contributed by atoms with Crippen LogP contribution in [0.5, 0.6) is 0 Å². The molecule has 0 aliphatic rings. The Morgan fingerprint density at radius 2 is 1.83 bits per heavy atom. The van der Waals surface area contributed by atoms with Crippen molar-refractivity contribution in [3.05, 3.63) is 86.4 Å². The molecule has 4 aromatic rings. The SMILES string of the molecule is Cc1ccc(C(=O)CSc2nnc3c(=O)n(-c4ccc(Br)cc4)ccn23)c(C)c1. The van der Waals surface area contributed by atoms with Gasteiger partial charge >= 0.3 is 5.56 Å². The minimum Gasteiger partial charge on any atom is -0.293 e. The van der Waals surface area contributed by atoms with Crippen molar-refractivity contribution in [1.29, 1.82) is 0 Å². The maximum absolute atomic E-state index is 12.8. The van der Waals surface area contributed by atoms with Gasteiger partial charge in [-0.15, -0.1) is 10.2 Å². The van der Waals surface area contributed by atoms with Crippen LogP contribution < -0.4 is 5.56 Å². The van der Waals surface area contributed by atoms with Gasteiger partial charge in [0.2, 0.25) is 5.65 Å². The van der Waals surface area contributed by atoms with Gasteiger partial charge in [-0.1, -0.05) is 51.5 Å². The van der Waals surface area contributed by atoms with Gasteiger partial charge in [-0.05, 0) is 43.7 Å². The first-order chi connectivity index (χ1) is 13.9. The maximum Gasteiger partial charge on any atom is 0.300 e. The molecule has 0 saturated heterocycles. The lowest BCUT2D eigenvalue weighted by Crippen LogP contribution is -2.20. The van der Waals surface area contributed by atoms with Crippen molar-refractivity contribution >= 4 is 39.1 Å². The molecule has 0 amide bonds. The topological polar surface area (TPSA) is 69.3 Å². The van der Waals surface area contributed by atoms with E-state index in [4.69, 9.17) is 0 Å². The molecule has 6 nitrogen and oxygen atoms in total. The summed E-state index contributed by atoms with van der Waals surface area (Å²) in [5.41, 5.74) is 3.47. The van der Waals surface area contributed by atoms with E-state index in [2.05, 4.69) is 26.1 Å². The van der Waals surface area contributed by atoms with E-state index in [1.54, 1.807) is 16.8 Å². The Hall–Kier alpha value is -2.71. The fourth-order valence-electron chi connectivity index (χ4n) is 3.10. The van der Waals surface area contributed by atoms with Gasteiger partial charge in [0.15, 0.2) is 10.9 Å². The predicted octanol–water partition coefficient (Wildman–Crippen LogP) is 4.23. The van der Waals surface area contributed by atoms with Crippen LogP contribution in [0.4, 0.5) is 0 Å². The second-order valence-corrected chi connectivity index (χ2v) is 8.51. The van der Waals surface area contributed by atoms with Crippen LogP contribution in [-0.2, 0) is 0 Å². The zero-order chi connectivity index (χ0) is 20.5. The van der Waals surface area contributed by atoms with Gasteiger partial charge in [-0.25, -0.2) is 0 Å². The molecule has 0 spiro atoms. The summed E-state index contributed by atoms with van der Waals surface area (Å²) in [5.74, 6) is 0.244. The molecule has 2 aromatic carbocycles. The number of carbonyl (C=O) groups is 1. The van der Waals surface area contributed by atoms with Crippen LogP contribution in [0.2, 0.25) is 0 Å². The Morgan fingerprint density at radius 1 is 1.07 bits per heavy atom. The average Bonchev–Trinajstić information content (AvgIpc) is 3.11. The molecule has 0 aliphatic carbocycles. The van der Waals surface area contributed by atoms with Crippen molar-refractivity contribution in [2.24, 2.45) is 0 Å². The highest BCUT2D eigenvalue weighted by Gasteiger charge is 2.15. The Bertz CT molecular complexity index is 1280. The lowest BCUT2D eigenvalue weighted by Gasteiger charge is -2.07. The minimum atomic E-state index is -0.269. The third-order valence-corrected chi connectivity index (χ3v) is 6.03. The first-order valence-corrected chi connectivity index (χ1v) is 10.7. The fraction of sp³-hybridized carbons (Fsp3) is 0.143. The number of hydrogen-bond donors (Lipinski definition) is 0. The largest absolute Gasteiger partial charge is 0.300 e. The normalized spacial score (nSPS) is 11.1. The number of ketones is 1. The van der Waals surface area contributed by atoms with Crippen LogP contribution >= 0.6 is 27.7 Å². The molecule has 0 bridgehead atoms. The highest BCUT2D eigenvalue weighted by molar-refractivity contribution is 9.10. The number of halogens is 1. The molecule has 0 atom stereocenters. The lowest BCUT2D eigenvalue weighted by molar-refractivity contribution is 0.102. The third-order valence-electron chi connectivity index (χ3n) is 4.56. The second kappa shape index (κ2) is 7.96. The van der Waals surface area contributed by atoms with Gasteiger partial charge in [-0.2, -0.15) is 0 Å². The number of hydrogen-bond acceptors (Lipinski definition) is 5. The molecule has 0 radical (unpaired) electrons. The zero-order valence-corrected chi connectivity index (χ0v) is 18.2. The first-order valence-electron chi connectivity index (χ1n) is 8.89. The van der Waals surface area contributed by atoms with E-state index >= 15 is 0 Å². The molecule has 0 aliphatic heterocycles. The number of carbonyl (C=O) groups excluding carboxylic acids is 1. The molecular weight excluding hydrogens is 452 g/mol. The standard InChI is InChI=1S/C21H17BrN4O2S/c1-13-3-8-17(14(2)11-13)18(27)12-29-21-24-23-19-20(28)25(9-10-26(19)21)16-6-4-15(22)5-7-16/h3-11H,12H2,1-2H3. The Balaban J connectivity index is 1.59. The van der Waals surface area contributed by atoms with Gasteiger partial charge in [0.25, 0.3) is 0 Å². The summed E-state index contributed by atoms with van der Waals surface area (Å²) in [4.78, 5) is 25.4. The van der Waals surface area contributed by atoms with E-state index in [1.165, 1.54) is 16.3 Å². The van der Waals surface area contributed by atoms with Crippen molar-refractivity contribution in [2.45, 2.75) is 19.0 Å². The number of aromatic nitrogens is 4. The summed E-state index contributed by atoms with van der Waals surface area (Å²) in [7, 11) is 0. The predicted molar refractivity (Wildman–Crippen MR) is 117 cm³/mol. The first kappa shape index (κ1) is 19.6. The van der Waals surface area contributed by atoms with Crippen molar-refractivity contribution in [3.63, 3.8) is 0 Å². The molecule has 0 saturated carbocycles. The molecule has 8 heteroatoms. The van der Waals surface area contributed by atoms with E-state index in [1.807, 2.05) is 56.3 Å². The highest BCUT2D eigenvalue weighted by Crippen LogP contribution is 2.20. The van der Waals surface area contributed by atoms with Crippen LogP contribution in [-0.4, -0.2) is 30.7 Å². The quantitative estimate of drug-likeness (QED) is 0.323. The van der Waals surface area contributed by atoms with Crippen molar-refractivity contribution in [1.82, 2.24) is 19.2 Å². The molecule has 4 rings (SSSR count). The summed E-state index contributed by atoms with van der Waals surface area (Å²) >= 11 is 4.66. The third kappa shape index (κ3) is 3.90. The van der Waals surface area contributed by atoms with E-state index in [0.29, 0.717) is 10.7 Å². The fourth-order valence-corrected chi connectivity index (χ4v) is 4.17. The van der Waals surface area contributed by atoms with Crippen LogP contribution in [0.15, 0.2) is 69.3 Å². The number of aryl methyl sites for hydroxylation is 2. The lowest BCUT2D eigenvalue weighted by atomic mass is 10.0. The van der Waals surface area contributed by atoms with E-state index in [0.717, 1.165) is 21.3 Å². The van der Waals surface area contributed by atoms with E-state index in [-0.39, 0.29) is 22.7 Å². The van der Waals surface area contributed by atoms with Crippen LogP contribution in [0.1, 0.15) is 21.5 Å². The number of benzene rings is 2. The van der Waals surface area contributed by atoms with Gasteiger partial charge in [0.1, 0.15) is 0 Å². The summed E-state index contributed by atoms with van der Waals surface area (Å²) in [6.45, 7) is 3.93. The summed E-state index contributed by atoms with van der Waals surface area (Å²) in [6.07, 6.45) is 3.42. The molecule has 0 fully saturated rings. The Morgan fingerprint density at radius 3 is 2.55 bits per heavy atom. The maximum atomic E-state index is 12.8. The Labute approximate surface area is 179 Å². The van der Waals surface area contributed by atoms with Crippen LogP contribution in [0.25, 0.3) is 11.3 Å². The summed E-state index contributed by atoms with van der Waals surface area (Å²) in [6, 6.07) is 13.2. The highest BCUT2D eigenvalue weighted by atomic mass is 79.9. The van der Waals surface area contributed by atoms with Gasteiger partial charge in [-0.3, -0.25) is 18.6 Å². The van der Waals surface area contributed by atoms with Crippen LogP contribution in [0.3, 0.4) is 0 Å². The number of fused-ring (bicyclic) bond motifs is 1. The Kier molecular flexibility index (Phi) is 5.38. The second-order valence-electron chi connectivity index (χ2n) is 6.66. The molecule has 0 N–H and O–H groups in total. The number of Topliss-reactive ketones (excluding diaryl/α,β-unsaturated/α-hetero) is 1. The average molecular weight is 469 g/mol. The zero-order valence-electron chi connectivity index (χ0n) is 15.8. The summed E-state index contributed by atoms with van der Waals surface area (Å²) in [5, 5.41) is 8.66. The van der Waals surface area contributed by atoms with E-state index in [9.17, 15) is 9.59 Å².